The summed E-state index contributed by atoms with van der Waals surface area (Å²) in [5, 5.41) is 11.4. The number of aromatic nitrogens is 3. The molecule has 0 saturated carbocycles. The van der Waals surface area contributed by atoms with Crippen molar-refractivity contribution in [2.75, 3.05) is 11.4 Å². The third kappa shape index (κ3) is 6.41. The van der Waals surface area contributed by atoms with E-state index in [9.17, 15) is 14.0 Å². The lowest BCUT2D eigenvalue weighted by molar-refractivity contribution is -0.124. The van der Waals surface area contributed by atoms with Gasteiger partial charge < -0.3 is 14.8 Å². The fraction of sp³-hybridized carbons (Fsp3) is 0.333. The first-order valence-electron chi connectivity index (χ1n) is 10.5. The van der Waals surface area contributed by atoms with E-state index < -0.39 is 16.6 Å². The molecular formula is C24H28FN5O2S. The highest BCUT2D eigenvalue weighted by Gasteiger charge is 2.28. The van der Waals surface area contributed by atoms with E-state index in [4.69, 9.17) is 0 Å². The van der Waals surface area contributed by atoms with Gasteiger partial charge in [-0.2, -0.15) is 0 Å². The van der Waals surface area contributed by atoms with E-state index in [1.165, 1.54) is 40.9 Å². The second kappa shape index (κ2) is 10.2. The Morgan fingerprint density at radius 2 is 1.73 bits per heavy atom. The molecule has 0 bridgehead atoms. The van der Waals surface area contributed by atoms with Crippen molar-refractivity contribution in [2.45, 2.75) is 43.6 Å². The molecule has 0 aliphatic heterocycles. The van der Waals surface area contributed by atoms with Crippen molar-refractivity contribution in [3.8, 4) is 11.4 Å². The summed E-state index contributed by atoms with van der Waals surface area (Å²) in [6, 6.07) is 15.2. The molecule has 0 aliphatic carbocycles. The molecule has 7 nitrogen and oxygen atoms in total. The van der Waals surface area contributed by atoms with Gasteiger partial charge in [-0.3, -0.25) is 9.59 Å². The monoisotopic (exact) mass is 469 g/mol. The quantitative estimate of drug-likeness (QED) is 0.528. The van der Waals surface area contributed by atoms with E-state index in [0.717, 1.165) is 5.56 Å². The van der Waals surface area contributed by atoms with Gasteiger partial charge in [-0.1, -0.05) is 42.1 Å². The molecule has 1 atom stereocenters. The Labute approximate surface area is 197 Å². The van der Waals surface area contributed by atoms with E-state index in [1.54, 1.807) is 6.92 Å². The first-order valence-corrected chi connectivity index (χ1v) is 11.4. The number of nitrogens with one attached hydrogen (secondary N) is 1. The van der Waals surface area contributed by atoms with Crippen molar-refractivity contribution in [2.24, 2.45) is 7.05 Å². The number of halogens is 1. The Morgan fingerprint density at radius 1 is 1.09 bits per heavy atom. The number of carbonyl (C=O) groups is 2. The molecule has 0 fully saturated rings. The second-order valence-corrected chi connectivity index (χ2v) is 10.00. The highest BCUT2D eigenvalue weighted by atomic mass is 32.2. The summed E-state index contributed by atoms with van der Waals surface area (Å²) in [5.74, 6) is -0.319. The number of hydrogen-bond acceptors (Lipinski definition) is 5. The molecule has 1 aromatic heterocycles. The first kappa shape index (κ1) is 24.4. The van der Waals surface area contributed by atoms with Gasteiger partial charge in [0.25, 0.3) is 0 Å². The summed E-state index contributed by atoms with van der Waals surface area (Å²) < 4.78 is 15.3. The number of rotatable bonds is 7. The molecule has 174 valence electrons. The van der Waals surface area contributed by atoms with E-state index in [1.807, 2.05) is 62.7 Å². The van der Waals surface area contributed by atoms with Crippen molar-refractivity contribution in [3.05, 3.63) is 60.4 Å². The van der Waals surface area contributed by atoms with Crippen LogP contribution in [0.5, 0.6) is 0 Å². The summed E-state index contributed by atoms with van der Waals surface area (Å²) in [6.07, 6.45) is 0. The van der Waals surface area contributed by atoms with Crippen LogP contribution in [0.15, 0.2) is 59.8 Å². The van der Waals surface area contributed by atoms with Gasteiger partial charge in [-0.25, -0.2) is 4.39 Å². The maximum Gasteiger partial charge on any atom is 0.240 e. The summed E-state index contributed by atoms with van der Waals surface area (Å²) in [5.41, 5.74) is 0.924. The zero-order chi connectivity index (χ0) is 24.2. The van der Waals surface area contributed by atoms with Gasteiger partial charge in [0.2, 0.25) is 11.8 Å². The van der Waals surface area contributed by atoms with Crippen LogP contribution in [0.1, 0.15) is 27.7 Å². The molecular weight excluding hydrogens is 441 g/mol. The van der Waals surface area contributed by atoms with Crippen molar-refractivity contribution in [1.29, 1.82) is 0 Å². The molecule has 0 spiro atoms. The molecule has 0 aliphatic rings. The fourth-order valence-corrected chi connectivity index (χ4v) is 4.08. The minimum atomic E-state index is -0.566. The van der Waals surface area contributed by atoms with E-state index in [2.05, 4.69) is 15.5 Å². The molecule has 3 aromatic rings. The number of anilines is 1. The Kier molecular flexibility index (Phi) is 7.53. The van der Waals surface area contributed by atoms with Crippen molar-refractivity contribution in [3.63, 3.8) is 0 Å². The van der Waals surface area contributed by atoms with Gasteiger partial charge in [-0.05, 0) is 52.0 Å². The third-order valence-corrected chi connectivity index (χ3v) is 5.84. The highest BCUT2D eigenvalue weighted by Crippen LogP contribution is 2.28. The summed E-state index contributed by atoms with van der Waals surface area (Å²) in [4.78, 5) is 27.4. The SMILES string of the molecule is C[C@H](Sc1nnc(-c2ccccc2)n1C)C(=O)N(CC(=O)NC(C)(C)C)c1ccc(F)cc1. The number of nitrogens with zero attached hydrogens (tertiary/aromatic N) is 4. The Hall–Kier alpha value is -3.20. The largest absolute Gasteiger partial charge is 0.350 e. The van der Waals surface area contributed by atoms with Crippen LogP contribution in [-0.2, 0) is 16.6 Å². The second-order valence-electron chi connectivity index (χ2n) is 8.69. The number of thioether (sulfide) groups is 1. The topological polar surface area (TPSA) is 80.1 Å². The standard InChI is InChI=1S/C24H28FN5O2S/c1-16(33-23-28-27-21(29(23)5)17-9-7-6-8-10-17)22(32)30(15-20(31)26-24(2,3)4)19-13-11-18(25)12-14-19/h6-14,16H,15H2,1-5H3,(H,26,31)/t16-/m0/s1. The van der Waals surface area contributed by atoms with Gasteiger partial charge >= 0.3 is 0 Å². The molecule has 1 N–H and O–H groups in total. The Morgan fingerprint density at radius 3 is 2.33 bits per heavy atom. The number of carbonyl (C=O) groups excluding carboxylic acids is 2. The van der Waals surface area contributed by atoms with Crippen LogP contribution in [0, 0.1) is 5.82 Å². The molecule has 2 aromatic carbocycles. The highest BCUT2D eigenvalue weighted by molar-refractivity contribution is 8.00. The number of amides is 2. The molecule has 3 rings (SSSR count). The molecule has 0 saturated heterocycles. The molecule has 9 heteroatoms. The average Bonchev–Trinajstić information content (AvgIpc) is 3.11. The van der Waals surface area contributed by atoms with Crippen LogP contribution < -0.4 is 10.2 Å². The van der Waals surface area contributed by atoms with Gasteiger partial charge in [0, 0.05) is 23.8 Å². The molecule has 0 unspecified atom stereocenters. The number of hydrogen-bond donors (Lipinski definition) is 1. The van der Waals surface area contributed by atoms with E-state index in [-0.39, 0.29) is 18.4 Å². The molecule has 33 heavy (non-hydrogen) atoms. The van der Waals surface area contributed by atoms with Crippen molar-refractivity contribution < 1.29 is 14.0 Å². The Bertz CT molecular complexity index is 1110. The summed E-state index contributed by atoms with van der Waals surface area (Å²) >= 11 is 1.25. The van der Waals surface area contributed by atoms with Crippen LogP contribution in [0.25, 0.3) is 11.4 Å². The molecule has 0 radical (unpaired) electrons. The fourth-order valence-electron chi connectivity index (χ4n) is 3.20. The molecule has 2 amide bonds. The van der Waals surface area contributed by atoms with Crippen molar-refractivity contribution in [1.82, 2.24) is 20.1 Å². The normalized spacial score (nSPS) is 12.3. The molecule has 1 heterocycles. The van der Waals surface area contributed by atoms with Crippen LogP contribution in [0.2, 0.25) is 0 Å². The van der Waals surface area contributed by atoms with Crippen LogP contribution >= 0.6 is 11.8 Å². The van der Waals surface area contributed by atoms with Gasteiger partial charge in [0.1, 0.15) is 12.4 Å². The first-order chi connectivity index (χ1) is 15.5. The number of benzene rings is 2. The van der Waals surface area contributed by atoms with Gasteiger partial charge in [-0.15, -0.1) is 10.2 Å². The average molecular weight is 470 g/mol. The maximum absolute atomic E-state index is 13.5. The lowest BCUT2D eigenvalue weighted by Crippen LogP contribution is -2.48. The minimum Gasteiger partial charge on any atom is -0.350 e. The van der Waals surface area contributed by atoms with Crippen LogP contribution in [-0.4, -0.2) is 43.9 Å². The van der Waals surface area contributed by atoms with Crippen molar-refractivity contribution >= 4 is 29.3 Å². The lowest BCUT2D eigenvalue weighted by atomic mass is 10.1. The van der Waals surface area contributed by atoms with Crippen LogP contribution in [0.4, 0.5) is 10.1 Å². The summed E-state index contributed by atoms with van der Waals surface area (Å²) in [6.45, 7) is 7.17. The lowest BCUT2D eigenvalue weighted by Gasteiger charge is -2.27. The van der Waals surface area contributed by atoms with Gasteiger partial charge in [0.05, 0.1) is 5.25 Å². The van der Waals surface area contributed by atoms with E-state index in [0.29, 0.717) is 16.7 Å². The maximum atomic E-state index is 13.5. The zero-order valence-corrected chi connectivity index (χ0v) is 20.2. The Balaban J connectivity index is 1.81. The van der Waals surface area contributed by atoms with E-state index >= 15 is 0 Å². The minimum absolute atomic E-state index is 0.180. The summed E-state index contributed by atoms with van der Waals surface area (Å²) in [7, 11) is 1.84. The smallest absolute Gasteiger partial charge is 0.240 e. The predicted molar refractivity (Wildman–Crippen MR) is 128 cm³/mol. The zero-order valence-electron chi connectivity index (χ0n) is 19.4. The predicted octanol–water partition coefficient (Wildman–Crippen LogP) is 4.05. The van der Waals surface area contributed by atoms with Crippen LogP contribution in [0.3, 0.4) is 0 Å². The van der Waals surface area contributed by atoms with Gasteiger partial charge in [0.15, 0.2) is 11.0 Å². The third-order valence-electron chi connectivity index (χ3n) is 4.72.